The maximum absolute atomic E-state index is 10.9. The second-order valence-corrected chi connectivity index (χ2v) is 5.20. The van der Waals surface area contributed by atoms with Gasteiger partial charge in [-0.25, -0.2) is 9.78 Å². The summed E-state index contributed by atoms with van der Waals surface area (Å²) < 4.78 is 0. The summed E-state index contributed by atoms with van der Waals surface area (Å²) in [5, 5.41) is 12.5. The van der Waals surface area contributed by atoms with Gasteiger partial charge in [0.2, 0.25) is 5.91 Å². The van der Waals surface area contributed by atoms with Gasteiger partial charge in [0, 0.05) is 18.9 Å². The Morgan fingerprint density at radius 2 is 2.22 bits per heavy atom. The molecule has 1 aromatic heterocycles. The molecule has 8 heteroatoms. The van der Waals surface area contributed by atoms with Crippen LogP contribution in [0.3, 0.4) is 0 Å². The molecular weight excluding hydrogens is 299 g/mol. The lowest BCUT2D eigenvalue weighted by molar-refractivity contribution is -0.140. The van der Waals surface area contributed by atoms with Gasteiger partial charge in [0.15, 0.2) is 0 Å². The minimum atomic E-state index is -1.11. The van der Waals surface area contributed by atoms with Crippen LogP contribution in [0.15, 0.2) is 17.3 Å². The van der Waals surface area contributed by atoms with E-state index in [4.69, 9.17) is 28.3 Å². The van der Waals surface area contributed by atoms with E-state index < -0.39 is 17.9 Å². The maximum Gasteiger partial charge on any atom is 0.327 e. The highest BCUT2D eigenvalue weighted by Crippen LogP contribution is 2.27. The van der Waals surface area contributed by atoms with Gasteiger partial charge in [0.05, 0.1) is 10.0 Å². The predicted molar refractivity (Wildman–Crippen MR) is 70.2 cm³/mol. The average Bonchev–Trinajstić information content (AvgIpc) is 2.25. The van der Waals surface area contributed by atoms with Crippen LogP contribution in [0, 0.1) is 0 Å². The zero-order valence-corrected chi connectivity index (χ0v) is 11.6. The third kappa shape index (κ3) is 4.72. The molecule has 0 saturated heterocycles. The van der Waals surface area contributed by atoms with Crippen molar-refractivity contribution in [1.29, 1.82) is 0 Å². The second kappa shape index (κ2) is 6.82. The zero-order valence-electron chi connectivity index (χ0n) is 9.31. The van der Waals surface area contributed by atoms with E-state index in [0.717, 1.165) is 11.8 Å². The van der Waals surface area contributed by atoms with E-state index in [2.05, 4.69) is 10.3 Å². The molecule has 0 aromatic carbocycles. The maximum atomic E-state index is 10.9. The molecule has 1 aromatic rings. The van der Waals surface area contributed by atoms with Gasteiger partial charge < -0.3 is 10.4 Å². The Kier molecular flexibility index (Phi) is 5.71. The van der Waals surface area contributed by atoms with Crippen molar-refractivity contribution in [2.75, 3.05) is 5.75 Å². The van der Waals surface area contributed by atoms with Gasteiger partial charge in [-0.2, -0.15) is 0 Å². The van der Waals surface area contributed by atoms with Gasteiger partial charge in [-0.1, -0.05) is 23.2 Å². The van der Waals surface area contributed by atoms with Gasteiger partial charge in [-0.15, -0.1) is 11.8 Å². The number of carbonyl (C=O) groups is 2. The third-order valence-electron chi connectivity index (χ3n) is 1.84. The van der Waals surface area contributed by atoms with Crippen LogP contribution in [0.5, 0.6) is 0 Å². The Morgan fingerprint density at radius 3 is 2.72 bits per heavy atom. The fourth-order valence-electron chi connectivity index (χ4n) is 1.09. The standard InChI is InChI=1S/C10H10Cl2N2O3S/c1-5(15)14-8(10(16)17)4-18-9-7(12)2-6(11)3-13-9/h2-3,8H,4H2,1H3,(H,14,15)(H,16,17). The lowest BCUT2D eigenvalue weighted by atomic mass is 10.3. The molecule has 0 saturated carbocycles. The first-order valence-electron chi connectivity index (χ1n) is 4.84. The fourth-order valence-corrected chi connectivity index (χ4v) is 2.51. The van der Waals surface area contributed by atoms with Crippen molar-refractivity contribution in [2.24, 2.45) is 0 Å². The monoisotopic (exact) mass is 308 g/mol. The van der Waals surface area contributed by atoms with Crippen molar-refractivity contribution in [3.63, 3.8) is 0 Å². The van der Waals surface area contributed by atoms with Crippen molar-refractivity contribution in [1.82, 2.24) is 10.3 Å². The fraction of sp³-hybridized carbons (Fsp3) is 0.300. The van der Waals surface area contributed by atoms with E-state index in [0.29, 0.717) is 15.1 Å². The number of carboxylic acids is 1. The number of nitrogens with zero attached hydrogens (tertiary/aromatic N) is 1. The SMILES string of the molecule is CC(=O)NC(CSc1ncc(Cl)cc1Cl)C(=O)O. The summed E-state index contributed by atoms with van der Waals surface area (Å²) in [5.74, 6) is -1.38. The lowest BCUT2D eigenvalue weighted by Crippen LogP contribution is -2.41. The van der Waals surface area contributed by atoms with E-state index in [-0.39, 0.29) is 5.75 Å². The molecule has 0 radical (unpaired) electrons. The van der Waals surface area contributed by atoms with Crippen LogP contribution >= 0.6 is 35.0 Å². The number of halogens is 2. The second-order valence-electron chi connectivity index (χ2n) is 3.34. The molecule has 5 nitrogen and oxygen atoms in total. The largest absolute Gasteiger partial charge is 0.480 e. The minimum absolute atomic E-state index is 0.128. The highest BCUT2D eigenvalue weighted by atomic mass is 35.5. The Bertz CT molecular complexity index is 470. The van der Waals surface area contributed by atoms with Crippen LogP contribution < -0.4 is 5.32 Å². The van der Waals surface area contributed by atoms with Crippen molar-refractivity contribution in [3.05, 3.63) is 22.3 Å². The van der Waals surface area contributed by atoms with Gasteiger partial charge >= 0.3 is 5.97 Å². The molecule has 2 N–H and O–H groups in total. The van der Waals surface area contributed by atoms with Gasteiger partial charge in [-0.05, 0) is 6.07 Å². The molecule has 1 atom stereocenters. The van der Waals surface area contributed by atoms with Crippen LogP contribution in [0.2, 0.25) is 10.0 Å². The number of thioether (sulfide) groups is 1. The highest BCUT2D eigenvalue weighted by Gasteiger charge is 2.19. The lowest BCUT2D eigenvalue weighted by Gasteiger charge is -2.12. The van der Waals surface area contributed by atoms with Crippen molar-refractivity contribution in [2.45, 2.75) is 18.0 Å². The minimum Gasteiger partial charge on any atom is -0.480 e. The van der Waals surface area contributed by atoms with Gasteiger partial charge in [0.1, 0.15) is 11.1 Å². The quantitative estimate of drug-likeness (QED) is 0.814. The number of amides is 1. The molecule has 0 fully saturated rings. The summed E-state index contributed by atoms with van der Waals surface area (Å²) in [6, 6.07) is 0.535. The molecule has 1 unspecified atom stereocenters. The van der Waals surface area contributed by atoms with Crippen LogP contribution in [-0.4, -0.2) is 33.8 Å². The van der Waals surface area contributed by atoms with Crippen molar-refractivity contribution in [3.8, 4) is 0 Å². The van der Waals surface area contributed by atoms with Crippen molar-refractivity contribution >= 4 is 46.8 Å². The topological polar surface area (TPSA) is 79.3 Å². The van der Waals surface area contributed by atoms with E-state index >= 15 is 0 Å². The Balaban J connectivity index is 2.66. The molecule has 0 aliphatic rings. The molecular formula is C10H10Cl2N2O3S. The molecule has 0 aliphatic heterocycles. The number of rotatable bonds is 5. The molecule has 1 rings (SSSR count). The first-order valence-corrected chi connectivity index (χ1v) is 6.58. The Morgan fingerprint density at radius 1 is 1.56 bits per heavy atom. The number of hydrogen-bond donors (Lipinski definition) is 2. The molecule has 0 spiro atoms. The number of carboxylic acid groups (broad SMARTS) is 1. The Hall–Kier alpha value is -0.980. The number of aliphatic carboxylic acids is 1. The number of carbonyl (C=O) groups excluding carboxylic acids is 1. The number of aromatic nitrogens is 1. The average molecular weight is 309 g/mol. The van der Waals surface area contributed by atoms with E-state index in [1.807, 2.05) is 0 Å². The van der Waals surface area contributed by atoms with E-state index in [9.17, 15) is 9.59 Å². The van der Waals surface area contributed by atoms with Gasteiger partial charge in [-0.3, -0.25) is 4.79 Å². The predicted octanol–water partition coefficient (Wildman–Crippen LogP) is 2.07. The summed E-state index contributed by atoms with van der Waals surface area (Å²) in [4.78, 5) is 25.7. The summed E-state index contributed by atoms with van der Waals surface area (Å²) in [6.45, 7) is 1.26. The first-order chi connectivity index (χ1) is 8.40. The van der Waals surface area contributed by atoms with Gasteiger partial charge in [0.25, 0.3) is 0 Å². The molecule has 0 bridgehead atoms. The van der Waals surface area contributed by atoms with Crippen LogP contribution in [0.4, 0.5) is 0 Å². The van der Waals surface area contributed by atoms with E-state index in [1.165, 1.54) is 19.2 Å². The first kappa shape index (κ1) is 15.1. The normalized spacial score (nSPS) is 11.9. The highest BCUT2D eigenvalue weighted by molar-refractivity contribution is 7.99. The smallest absolute Gasteiger partial charge is 0.327 e. The molecule has 0 aliphatic carbocycles. The summed E-state index contributed by atoms with van der Waals surface area (Å²) in [6.07, 6.45) is 1.42. The Labute approximate surface area is 118 Å². The summed E-state index contributed by atoms with van der Waals surface area (Å²) in [7, 11) is 0. The molecule has 18 heavy (non-hydrogen) atoms. The molecule has 1 heterocycles. The zero-order chi connectivity index (χ0) is 13.7. The molecule has 1 amide bonds. The summed E-state index contributed by atoms with van der Waals surface area (Å²) >= 11 is 12.7. The van der Waals surface area contributed by atoms with Crippen molar-refractivity contribution < 1.29 is 14.7 Å². The summed E-state index contributed by atoms with van der Waals surface area (Å²) in [5.41, 5.74) is 0. The number of hydrogen-bond acceptors (Lipinski definition) is 4. The van der Waals surface area contributed by atoms with E-state index in [1.54, 1.807) is 0 Å². The number of nitrogens with one attached hydrogen (secondary N) is 1. The third-order valence-corrected chi connectivity index (χ3v) is 3.54. The molecule has 98 valence electrons. The van der Waals surface area contributed by atoms with Crippen LogP contribution in [-0.2, 0) is 9.59 Å². The number of pyridine rings is 1. The van der Waals surface area contributed by atoms with Crippen LogP contribution in [0.25, 0.3) is 0 Å². The van der Waals surface area contributed by atoms with Crippen LogP contribution in [0.1, 0.15) is 6.92 Å².